The summed E-state index contributed by atoms with van der Waals surface area (Å²) in [5, 5.41) is 11.6. The van der Waals surface area contributed by atoms with E-state index in [0.717, 1.165) is 32.4 Å². The van der Waals surface area contributed by atoms with E-state index in [-0.39, 0.29) is 22.7 Å². The van der Waals surface area contributed by atoms with Crippen molar-refractivity contribution in [2.24, 2.45) is 0 Å². The van der Waals surface area contributed by atoms with Crippen LogP contribution in [0.5, 0.6) is 0 Å². The van der Waals surface area contributed by atoms with E-state index in [2.05, 4.69) is 4.98 Å². The number of nitro benzene ring substituents is 1. The molecule has 164 valence electrons. The molecule has 0 spiro atoms. The van der Waals surface area contributed by atoms with Gasteiger partial charge >= 0.3 is 5.97 Å². The van der Waals surface area contributed by atoms with Gasteiger partial charge in [0.15, 0.2) is 12.4 Å². The lowest BCUT2D eigenvalue weighted by Crippen LogP contribution is -2.30. The van der Waals surface area contributed by atoms with Crippen LogP contribution in [0.1, 0.15) is 68.6 Å². The number of hydrogen-bond donors (Lipinski definition) is 1. The predicted molar refractivity (Wildman–Crippen MR) is 114 cm³/mol. The average Bonchev–Trinajstić information content (AvgIpc) is 3.06. The number of ether oxygens (including phenoxy) is 1. The van der Waals surface area contributed by atoms with E-state index in [4.69, 9.17) is 4.74 Å². The lowest BCUT2D eigenvalue weighted by Gasteiger charge is -2.28. The van der Waals surface area contributed by atoms with Gasteiger partial charge in [-0.05, 0) is 57.7 Å². The van der Waals surface area contributed by atoms with Crippen molar-refractivity contribution >= 4 is 28.9 Å². The minimum absolute atomic E-state index is 0.00377. The molecule has 1 fully saturated rings. The fraction of sp³-hybridized carbons (Fsp3) is 0.409. The van der Waals surface area contributed by atoms with Gasteiger partial charge in [0.05, 0.1) is 16.2 Å². The molecular weight excluding hydrogens is 402 g/mol. The van der Waals surface area contributed by atoms with Crippen molar-refractivity contribution in [3.8, 4) is 0 Å². The molecule has 2 aromatic rings. The van der Waals surface area contributed by atoms with Crippen LogP contribution in [-0.4, -0.2) is 47.1 Å². The highest BCUT2D eigenvalue weighted by Crippen LogP contribution is 2.31. The second kappa shape index (κ2) is 9.11. The topological polar surface area (TPSA) is 123 Å². The van der Waals surface area contributed by atoms with Gasteiger partial charge in [-0.2, -0.15) is 0 Å². The average molecular weight is 427 g/mol. The molecule has 1 saturated heterocycles. The zero-order valence-electron chi connectivity index (χ0n) is 17.8. The lowest BCUT2D eigenvalue weighted by atomic mass is 10.1. The summed E-state index contributed by atoms with van der Waals surface area (Å²) < 4.78 is 5.10. The van der Waals surface area contributed by atoms with Crippen molar-refractivity contribution in [1.29, 1.82) is 0 Å². The minimum atomic E-state index is -0.825. The number of hydrogen-bond acceptors (Lipinski definition) is 7. The summed E-state index contributed by atoms with van der Waals surface area (Å²) in [6.45, 7) is 5.68. The number of benzene rings is 1. The molecule has 1 N–H and O–H groups in total. The van der Waals surface area contributed by atoms with E-state index in [0.29, 0.717) is 22.5 Å². The Morgan fingerprint density at radius 2 is 1.84 bits per heavy atom. The van der Waals surface area contributed by atoms with E-state index in [1.54, 1.807) is 19.9 Å². The number of carbonyl (C=O) groups is 3. The maximum absolute atomic E-state index is 12.5. The number of nitrogens with one attached hydrogen (secondary N) is 1. The van der Waals surface area contributed by atoms with Gasteiger partial charge in [-0.25, -0.2) is 4.79 Å². The molecule has 0 amide bonds. The van der Waals surface area contributed by atoms with Gasteiger partial charge in [0.2, 0.25) is 5.78 Å². The van der Waals surface area contributed by atoms with E-state index in [1.165, 1.54) is 19.1 Å². The number of aryl methyl sites for hydroxylation is 1. The molecule has 0 unspecified atom stereocenters. The van der Waals surface area contributed by atoms with Crippen LogP contribution in [0.3, 0.4) is 0 Å². The Morgan fingerprint density at radius 3 is 2.42 bits per heavy atom. The van der Waals surface area contributed by atoms with Crippen molar-refractivity contribution in [3.05, 3.63) is 56.4 Å². The van der Waals surface area contributed by atoms with Gasteiger partial charge in [0.25, 0.3) is 5.69 Å². The lowest BCUT2D eigenvalue weighted by molar-refractivity contribution is -0.384. The number of piperidine rings is 1. The summed E-state index contributed by atoms with van der Waals surface area (Å²) in [6, 6.07) is 4.22. The third-order valence-corrected chi connectivity index (χ3v) is 5.51. The maximum atomic E-state index is 12.5. The van der Waals surface area contributed by atoms with Crippen molar-refractivity contribution in [3.63, 3.8) is 0 Å². The van der Waals surface area contributed by atoms with Crippen LogP contribution in [0.15, 0.2) is 18.2 Å². The maximum Gasteiger partial charge on any atom is 0.338 e. The summed E-state index contributed by atoms with van der Waals surface area (Å²) in [4.78, 5) is 52.5. The van der Waals surface area contributed by atoms with Crippen LogP contribution in [0, 0.1) is 24.0 Å². The predicted octanol–water partition coefficient (Wildman–Crippen LogP) is 3.77. The van der Waals surface area contributed by atoms with Gasteiger partial charge in [-0.15, -0.1) is 0 Å². The molecule has 1 aliphatic rings. The van der Waals surface area contributed by atoms with Gasteiger partial charge in [-0.3, -0.25) is 19.7 Å². The SMILES string of the molecule is CC(=O)c1c(C)[nH]c(C(=O)COC(=O)c2ccc(N3CCCCC3)c([N+](=O)[O-])c2)c1C. The largest absolute Gasteiger partial charge is 0.454 e. The Kier molecular flexibility index (Phi) is 6.53. The number of aromatic amines is 1. The molecule has 1 aliphatic heterocycles. The minimum Gasteiger partial charge on any atom is -0.454 e. The Labute approximate surface area is 179 Å². The molecule has 9 nitrogen and oxygen atoms in total. The summed E-state index contributed by atoms with van der Waals surface area (Å²) in [5.74, 6) is -1.47. The van der Waals surface area contributed by atoms with Crippen LogP contribution in [0.2, 0.25) is 0 Å². The number of esters is 1. The van der Waals surface area contributed by atoms with Crippen LogP contribution >= 0.6 is 0 Å². The van der Waals surface area contributed by atoms with E-state index in [1.807, 2.05) is 4.90 Å². The highest BCUT2D eigenvalue weighted by atomic mass is 16.6. The zero-order chi connectivity index (χ0) is 22.7. The van der Waals surface area contributed by atoms with Crippen LogP contribution in [-0.2, 0) is 4.74 Å². The molecule has 1 aromatic carbocycles. The number of aromatic nitrogens is 1. The van der Waals surface area contributed by atoms with Crippen molar-refractivity contribution in [1.82, 2.24) is 4.98 Å². The summed E-state index contributed by atoms with van der Waals surface area (Å²) in [6.07, 6.45) is 3.02. The number of carbonyl (C=O) groups excluding carboxylic acids is 3. The quantitative estimate of drug-likeness (QED) is 0.309. The molecule has 1 aromatic heterocycles. The molecule has 31 heavy (non-hydrogen) atoms. The molecule has 0 bridgehead atoms. The van der Waals surface area contributed by atoms with Gasteiger partial charge < -0.3 is 14.6 Å². The first kappa shape index (κ1) is 22.2. The standard InChI is InChI=1S/C22H25N3O6/c1-13-20(15(3)26)14(2)23-21(13)19(27)12-31-22(28)16-7-8-17(18(11-16)25(29)30)24-9-5-4-6-10-24/h7-8,11,23H,4-6,9-10,12H2,1-3H3. The number of rotatable bonds is 7. The van der Waals surface area contributed by atoms with Gasteiger partial charge in [-0.1, -0.05) is 0 Å². The first-order valence-corrected chi connectivity index (χ1v) is 10.1. The number of nitrogens with zero attached hydrogens (tertiary/aromatic N) is 2. The van der Waals surface area contributed by atoms with Crippen molar-refractivity contribution in [2.75, 3.05) is 24.6 Å². The second-order valence-electron chi connectivity index (χ2n) is 7.69. The van der Waals surface area contributed by atoms with Crippen LogP contribution in [0.4, 0.5) is 11.4 Å². The Morgan fingerprint density at radius 1 is 1.16 bits per heavy atom. The number of nitro groups is 1. The smallest absolute Gasteiger partial charge is 0.338 e. The highest BCUT2D eigenvalue weighted by Gasteiger charge is 2.25. The fourth-order valence-electron chi connectivity index (χ4n) is 4.04. The normalized spacial score (nSPS) is 13.7. The summed E-state index contributed by atoms with van der Waals surface area (Å²) in [5.41, 5.74) is 2.05. The van der Waals surface area contributed by atoms with E-state index in [9.17, 15) is 24.5 Å². The molecule has 9 heteroatoms. The number of anilines is 1. The third-order valence-electron chi connectivity index (χ3n) is 5.51. The van der Waals surface area contributed by atoms with Gasteiger partial charge in [0.1, 0.15) is 5.69 Å². The molecule has 0 radical (unpaired) electrons. The molecule has 0 aliphatic carbocycles. The first-order chi connectivity index (χ1) is 14.7. The Balaban J connectivity index is 1.74. The monoisotopic (exact) mass is 427 g/mol. The highest BCUT2D eigenvalue weighted by molar-refractivity contribution is 6.04. The zero-order valence-corrected chi connectivity index (χ0v) is 17.8. The number of Topliss-reactive ketones (excluding diaryl/α,β-unsaturated/α-hetero) is 2. The second-order valence-corrected chi connectivity index (χ2v) is 7.69. The summed E-state index contributed by atoms with van der Waals surface area (Å²) in [7, 11) is 0. The molecule has 0 atom stereocenters. The van der Waals surface area contributed by atoms with Crippen LogP contribution < -0.4 is 4.90 Å². The van der Waals surface area contributed by atoms with Crippen molar-refractivity contribution < 1.29 is 24.0 Å². The third kappa shape index (κ3) is 4.65. The fourth-order valence-corrected chi connectivity index (χ4v) is 4.04. The molecular formula is C22H25N3O6. The van der Waals surface area contributed by atoms with E-state index >= 15 is 0 Å². The summed E-state index contributed by atoms with van der Waals surface area (Å²) >= 11 is 0. The van der Waals surface area contributed by atoms with Crippen LogP contribution in [0.25, 0.3) is 0 Å². The first-order valence-electron chi connectivity index (χ1n) is 10.1. The molecule has 3 rings (SSSR count). The van der Waals surface area contributed by atoms with Crippen molar-refractivity contribution in [2.45, 2.75) is 40.0 Å². The van der Waals surface area contributed by atoms with Gasteiger partial charge in [0, 0.05) is 30.4 Å². The van der Waals surface area contributed by atoms with E-state index < -0.39 is 23.3 Å². The Bertz CT molecular complexity index is 1050. The molecule has 0 saturated carbocycles. The number of H-pyrrole nitrogens is 1. The Hall–Kier alpha value is -3.49. The molecule has 2 heterocycles. The number of ketones is 2.